The Morgan fingerprint density at radius 1 is 1.29 bits per heavy atom. The minimum absolute atomic E-state index is 0.521. The summed E-state index contributed by atoms with van der Waals surface area (Å²) in [5.41, 5.74) is 3.51. The third-order valence-electron chi connectivity index (χ3n) is 2.29. The van der Waals surface area contributed by atoms with Gasteiger partial charge in [0.15, 0.2) is 0 Å². The molecule has 0 aliphatic heterocycles. The summed E-state index contributed by atoms with van der Waals surface area (Å²) in [6.45, 7) is 4.45. The molecule has 0 bridgehead atoms. The fourth-order valence-electron chi connectivity index (χ4n) is 1.42. The maximum Gasteiger partial charge on any atom is 0.139 e. The van der Waals surface area contributed by atoms with Gasteiger partial charge in [-0.05, 0) is 13.8 Å². The van der Waals surface area contributed by atoms with Gasteiger partial charge in [0, 0.05) is 11.6 Å². The average Bonchev–Trinajstić information content (AvgIpc) is 2.85. The number of aryl methyl sites for hydroxylation is 1. The topological polar surface area (TPSA) is 47.6 Å². The lowest BCUT2D eigenvalue weighted by Gasteiger charge is -2.03. The molecule has 0 N–H and O–H groups in total. The third kappa shape index (κ3) is 2.72. The maximum atomic E-state index is 5.11. The fourth-order valence-corrected chi connectivity index (χ4v) is 1.42. The molecule has 17 heavy (non-hydrogen) atoms. The first-order valence-corrected chi connectivity index (χ1v) is 5.49. The van der Waals surface area contributed by atoms with Gasteiger partial charge >= 0.3 is 0 Å². The Bertz CT molecular complexity index is 487. The summed E-state index contributed by atoms with van der Waals surface area (Å²) < 4.78 is 4.83. The van der Waals surface area contributed by atoms with Gasteiger partial charge in [0.2, 0.25) is 0 Å². The average molecular weight is 230 g/mol. The normalized spacial score (nSPS) is 11.5. The van der Waals surface area contributed by atoms with E-state index in [2.05, 4.69) is 10.3 Å². The molecule has 0 aliphatic carbocycles. The Labute approximate surface area is 99.9 Å². The molecule has 0 saturated carbocycles. The van der Waals surface area contributed by atoms with E-state index in [0.717, 1.165) is 5.56 Å². The molecule has 1 aromatic heterocycles. The van der Waals surface area contributed by atoms with Crippen LogP contribution in [0.15, 0.2) is 46.3 Å². The molecule has 1 heterocycles. The van der Waals surface area contributed by atoms with Crippen molar-refractivity contribution in [1.29, 1.82) is 0 Å². The Hall–Kier alpha value is -2.10. The first kappa shape index (κ1) is 11.4. The predicted molar refractivity (Wildman–Crippen MR) is 64.9 cm³/mol. The molecule has 0 fully saturated rings. The van der Waals surface area contributed by atoms with Gasteiger partial charge in [-0.3, -0.25) is 0 Å². The maximum absolute atomic E-state index is 5.11. The van der Waals surface area contributed by atoms with E-state index in [0.29, 0.717) is 18.0 Å². The highest BCUT2D eigenvalue weighted by Gasteiger charge is 2.10. The van der Waals surface area contributed by atoms with Crippen LogP contribution in [0.3, 0.4) is 0 Å². The molecule has 0 radical (unpaired) electrons. The SMILES string of the molecule is CCO/N=C(\c1ccc(C)cc1)c1ccon1. The molecule has 88 valence electrons. The Morgan fingerprint density at radius 2 is 2.06 bits per heavy atom. The molecule has 0 unspecified atom stereocenters. The van der Waals surface area contributed by atoms with Crippen molar-refractivity contribution in [1.82, 2.24) is 5.16 Å². The minimum Gasteiger partial charge on any atom is -0.396 e. The highest BCUT2D eigenvalue weighted by molar-refractivity contribution is 6.11. The molecule has 4 nitrogen and oxygen atoms in total. The van der Waals surface area contributed by atoms with E-state index in [4.69, 9.17) is 9.36 Å². The lowest BCUT2D eigenvalue weighted by atomic mass is 10.1. The van der Waals surface area contributed by atoms with E-state index in [-0.39, 0.29) is 0 Å². The van der Waals surface area contributed by atoms with Crippen molar-refractivity contribution in [2.75, 3.05) is 6.61 Å². The molecule has 4 heteroatoms. The van der Waals surface area contributed by atoms with Crippen LogP contribution in [-0.2, 0) is 4.84 Å². The zero-order valence-electron chi connectivity index (χ0n) is 9.88. The van der Waals surface area contributed by atoms with Crippen LogP contribution >= 0.6 is 0 Å². The van der Waals surface area contributed by atoms with Crippen molar-refractivity contribution in [2.45, 2.75) is 13.8 Å². The predicted octanol–water partition coefficient (Wildman–Crippen LogP) is 2.77. The van der Waals surface area contributed by atoms with Crippen molar-refractivity contribution in [3.8, 4) is 0 Å². The summed E-state index contributed by atoms with van der Waals surface area (Å²) in [6, 6.07) is 9.79. The van der Waals surface area contributed by atoms with Gasteiger partial charge in [-0.1, -0.05) is 40.1 Å². The fraction of sp³-hybridized carbons (Fsp3) is 0.231. The summed E-state index contributed by atoms with van der Waals surface area (Å²) >= 11 is 0. The Balaban J connectivity index is 2.37. The molecule has 1 aromatic carbocycles. The van der Waals surface area contributed by atoms with E-state index in [1.807, 2.05) is 38.1 Å². The zero-order chi connectivity index (χ0) is 12.1. The van der Waals surface area contributed by atoms with Crippen molar-refractivity contribution < 1.29 is 9.36 Å². The van der Waals surface area contributed by atoms with Crippen LogP contribution in [0, 0.1) is 6.92 Å². The first-order chi connectivity index (χ1) is 8.31. The van der Waals surface area contributed by atoms with Crippen molar-refractivity contribution in [2.24, 2.45) is 5.16 Å². The van der Waals surface area contributed by atoms with Crippen LogP contribution in [-0.4, -0.2) is 17.5 Å². The summed E-state index contributed by atoms with van der Waals surface area (Å²) in [7, 11) is 0. The number of hydrogen-bond donors (Lipinski definition) is 0. The molecular formula is C13H14N2O2. The number of nitrogens with zero attached hydrogens (tertiary/aromatic N) is 2. The van der Waals surface area contributed by atoms with Gasteiger partial charge in [0.05, 0.1) is 0 Å². The number of aromatic nitrogens is 1. The second kappa shape index (κ2) is 5.30. The van der Waals surface area contributed by atoms with E-state index in [1.165, 1.54) is 11.8 Å². The smallest absolute Gasteiger partial charge is 0.139 e. The monoisotopic (exact) mass is 230 g/mol. The van der Waals surface area contributed by atoms with Crippen molar-refractivity contribution in [3.05, 3.63) is 53.4 Å². The number of benzene rings is 1. The summed E-state index contributed by atoms with van der Waals surface area (Å²) in [5, 5.41) is 7.96. The molecular weight excluding hydrogens is 216 g/mol. The van der Waals surface area contributed by atoms with Crippen LogP contribution in [0.25, 0.3) is 0 Å². The number of rotatable bonds is 4. The second-order valence-electron chi connectivity index (χ2n) is 3.61. The molecule has 2 aromatic rings. The molecule has 0 amide bonds. The van der Waals surface area contributed by atoms with Crippen LogP contribution in [0.1, 0.15) is 23.7 Å². The van der Waals surface area contributed by atoms with Gasteiger partial charge in [-0.25, -0.2) is 0 Å². The summed E-state index contributed by atoms with van der Waals surface area (Å²) in [5.74, 6) is 0. The quantitative estimate of drug-likeness (QED) is 0.599. The van der Waals surface area contributed by atoms with E-state index in [1.54, 1.807) is 6.07 Å². The largest absolute Gasteiger partial charge is 0.396 e. The minimum atomic E-state index is 0.521. The van der Waals surface area contributed by atoms with Gasteiger partial charge in [0.1, 0.15) is 24.3 Å². The van der Waals surface area contributed by atoms with Gasteiger partial charge in [-0.2, -0.15) is 0 Å². The van der Waals surface area contributed by atoms with Crippen molar-refractivity contribution in [3.63, 3.8) is 0 Å². The highest BCUT2D eigenvalue weighted by atomic mass is 16.6. The van der Waals surface area contributed by atoms with Crippen molar-refractivity contribution >= 4 is 5.71 Å². The molecule has 2 rings (SSSR count). The number of hydrogen-bond acceptors (Lipinski definition) is 4. The molecule has 0 aliphatic rings. The van der Waals surface area contributed by atoms with E-state index in [9.17, 15) is 0 Å². The summed E-state index contributed by atoms with van der Waals surface area (Å²) in [6.07, 6.45) is 1.52. The van der Waals surface area contributed by atoms with E-state index >= 15 is 0 Å². The summed E-state index contributed by atoms with van der Waals surface area (Å²) in [4.78, 5) is 5.11. The third-order valence-corrected chi connectivity index (χ3v) is 2.29. The van der Waals surface area contributed by atoms with Gasteiger partial charge in [-0.15, -0.1) is 0 Å². The Kier molecular flexibility index (Phi) is 3.55. The second-order valence-corrected chi connectivity index (χ2v) is 3.61. The highest BCUT2D eigenvalue weighted by Crippen LogP contribution is 2.11. The van der Waals surface area contributed by atoms with Crippen LogP contribution in [0.4, 0.5) is 0 Å². The van der Waals surface area contributed by atoms with E-state index < -0.39 is 0 Å². The number of oxime groups is 1. The lowest BCUT2D eigenvalue weighted by Crippen LogP contribution is -2.05. The molecule has 0 atom stereocenters. The zero-order valence-corrected chi connectivity index (χ0v) is 9.88. The van der Waals surface area contributed by atoms with Gasteiger partial charge in [0.25, 0.3) is 0 Å². The molecule has 0 spiro atoms. The molecule has 0 saturated heterocycles. The van der Waals surface area contributed by atoms with Crippen LogP contribution in [0.5, 0.6) is 0 Å². The first-order valence-electron chi connectivity index (χ1n) is 5.49. The Morgan fingerprint density at radius 3 is 2.65 bits per heavy atom. The van der Waals surface area contributed by atoms with Crippen LogP contribution < -0.4 is 0 Å². The van der Waals surface area contributed by atoms with Gasteiger partial charge < -0.3 is 9.36 Å². The standard InChI is InChI=1S/C13H14N2O2/c1-3-16-15-13(12-8-9-17-14-12)11-6-4-10(2)5-7-11/h4-9H,3H2,1-2H3/b15-13+. The lowest BCUT2D eigenvalue weighted by molar-refractivity contribution is 0.159. The van der Waals surface area contributed by atoms with Crippen LogP contribution in [0.2, 0.25) is 0 Å².